The summed E-state index contributed by atoms with van der Waals surface area (Å²) >= 11 is 0. The molecular weight excluding hydrogens is 350 g/mol. The first-order chi connectivity index (χ1) is 11.9. The van der Waals surface area contributed by atoms with Gasteiger partial charge in [0.15, 0.2) is 0 Å². The number of hydrogen-bond donors (Lipinski definition) is 2. The number of sulfonamides is 1. The number of amides is 1. The van der Waals surface area contributed by atoms with Gasteiger partial charge in [-0.15, -0.1) is 0 Å². The van der Waals surface area contributed by atoms with E-state index >= 15 is 0 Å². The van der Waals surface area contributed by atoms with Crippen LogP contribution in [-0.2, 0) is 14.8 Å². The Labute approximate surface area is 147 Å². The highest BCUT2D eigenvalue weighted by molar-refractivity contribution is 7.89. The quantitative estimate of drug-likeness (QED) is 0.569. The fraction of sp³-hybridized carbons (Fsp3) is 0.588. The first kappa shape index (κ1) is 19.8. The molecule has 0 spiro atoms. The molecule has 0 radical (unpaired) electrons. The largest absolute Gasteiger partial charge is 0.353 e. The van der Waals surface area contributed by atoms with Gasteiger partial charge in [0.2, 0.25) is 15.9 Å². The van der Waals surface area contributed by atoms with Gasteiger partial charge < -0.3 is 5.32 Å². The summed E-state index contributed by atoms with van der Waals surface area (Å²) in [5.41, 5.74) is 0. The number of carbonyl (C=O) groups excluding carboxylic acids is 1. The van der Waals surface area contributed by atoms with E-state index in [4.69, 9.17) is 0 Å². The normalized spacial score (nSPS) is 16.4. The topological polar surface area (TPSA) is 75.3 Å². The summed E-state index contributed by atoms with van der Waals surface area (Å²) in [6.45, 7) is 0.0111. The van der Waals surface area contributed by atoms with Gasteiger partial charge in [-0.3, -0.25) is 4.79 Å². The van der Waals surface area contributed by atoms with Crippen molar-refractivity contribution >= 4 is 15.9 Å². The van der Waals surface area contributed by atoms with Gasteiger partial charge in [0.1, 0.15) is 16.5 Å². The van der Waals surface area contributed by atoms with E-state index < -0.39 is 26.6 Å². The second-order valence-electron chi connectivity index (χ2n) is 6.33. The van der Waals surface area contributed by atoms with Crippen LogP contribution in [-0.4, -0.2) is 26.9 Å². The maximum atomic E-state index is 13.6. The van der Waals surface area contributed by atoms with Crippen LogP contribution in [0, 0.1) is 11.6 Å². The Hall–Kier alpha value is -1.54. The van der Waals surface area contributed by atoms with E-state index in [0.29, 0.717) is 12.5 Å². The minimum Gasteiger partial charge on any atom is -0.353 e. The van der Waals surface area contributed by atoms with Gasteiger partial charge >= 0.3 is 0 Å². The molecule has 0 heterocycles. The van der Waals surface area contributed by atoms with Crippen molar-refractivity contribution in [2.45, 2.75) is 62.3 Å². The molecule has 0 atom stereocenters. The van der Waals surface area contributed by atoms with Crippen molar-refractivity contribution in [2.75, 3.05) is 6.54 Å². The molecule has 1 aliphatic carbocycles. The van der Waals surface area contributed by atoms with Crippen LogP contribution >= 0.6 is 0 Å². The molecule has 1 aliphatic rings. The summed E-state index contributed by atoms with van der Waals surface area (Å²) < 4.78 is 52.6. The highest BCUT2D eigenvalue weighted by atomic mass is 32.2. The van der Waals surface area contributed by atoms with Crippen LogP contribution in [0.2, 0.25) is 0 Å². The number of halogens is 2. The molecule has 0 unspecified atom stereocenters. The van der Waals surface area contributed by atoms with Crippen LogP contribution < -0.4 is 10.0 Å². The second kappa shape index (κ2) is 9.24. The molecule has 2 rings (SSSR count). The van der Waals surface area contributed by atoms with Gasteiger partial charge in [-0.05, 0) is 31.4 Å². The van der Waals surface area contributed by atoms with E-state index in [0.717, 1.165) is 37.8 Å². The van der Waals surface area contributed by atoms with E-state index in [2.05, 4.69) is 10.0 Å². The Kier molecular flexibility index (Phi) is 7.31. The molecule has 0 saturated heterocycles. The molecule has 1 aromatic carbocycles. The average molecular weight is 374 g/mol. The molecule has 1 saturated carbocycles. The lowest BCUT2D eigenvalue weighted by Crippen LogP contribution is -2.35. The van der Waals surface area contributed by atoms with E-state index in [1.165, 1.54) is 12.8 Å². The summed E-state index contributed by atoms with van der Waals surface area (Å²) in [6, 6.07) is 2.50. The Morgan fingerprint density at radius 2 is 1.80 bits per heavy atom. The van der Waals surface area contributed by atoms with Gasteiger partial charge in [-0.1, -0.05) is 25.7 Å². The maximum absolute atomic E-state index is 13.6. The molecule has 0 aliphatic heterocycles. The molecule has 2 N–H and O–H groups in total. The Bertz CT molecular complexity index is 687. The van der Waals surface area contributed by atoms with Crippen LogP contribution in [0.3, 0.4) is 0 Å². The minimum absolute atomic E-state index is 0.0111. The van der Waals surface area contributed by atoms with Gasteiger partial charge in [-0.25, -0.2) is 21.9 Å². The molecule has 1 aromatic rings. The van der Waals surface area contributed by atoms with E-state index in [1.54, 1.807) is 0 Å². The van der Waals surface area contributed by atoms with Crippen molar-refractivity contribution in [1.29, 1.82) is 0 Å². The third-order valence-corrected chi connectivity index (χ3v) is 5.77. The first-order valence-corrected chi connectivity index (χ1v) is 10.1. The molecule has 1 amide bonds. The third-order valence-electron chi connectivity index (χ3n) is 4.28. The zero-order valence-corrected chi connectivity index (χ0v) is 14.9. The Morgan fingerprint density at radius 1 is 1.12 bits per heavy atom. The fourth-order valence-electron chi connectivity index (χ4n) is 2.95. The van der Waals surface area contributed by atoms with Crippen LogP contribution in [0.1, 0.15) is 51.4 Å². The smallest absolute Gasteiger partial charge is 0.243 e. The van der Waals surface area contributed by atoms with Crippen molar-refractivity contribution in [3.8, 4) is 0 Å². The standard InChI is InChI=1S/C17H24F2N2O3S/c18-13-9-10-16(15(19)12-13)25(23,24)20-11-5-8-17(22)21-14-6-3-1-2-4-7-14/h9-10,12,14,20H,1-8,11H2,(H,21,22). The fourth-order valence-corrected chi connectivity index (χ4v) is 4.08. The summed E-state index contributed by atoms with van der Waals surface area (Å²) in [5, 5.41) is 2.99. The molecule has 25 heavy (non-hydrogen) atoms. The van der Waals surface area contributed by atoms with E-state index in [9.17, 15) is 22.0 Å². The molecule has 8 heteroatoms. The van der Waals surface area contributed by atoms with Crippen LogP contribution in [0.25, 0.3) is 0 Å². The summed E-state index contributed by atoms with van der Waals surface area (Å²) in [7, 11) is -4.06. The van der Waals surface area contributed by atoms with E-state index in [1.807, 2.05) is 0 Å². The lowest BCUT2D eigenvalue weighted by Gasteiger charge is -2.16. The molecular formula is C17H24F2N2O3S. The lowest BCUT2D eigenvalue weighted by atomic mass is 10.1. The van der Waals surface area contributed by atoms with Crippen LogP contribution in [0.5, 0.6) is 0 Å². The molecule has 0 aromatic heterocycles. The molecule has 5 nitrogen and oxygen atoms in total. The Morgan fingerprint density at radius 3 is 2.44 bits per heavy atom. The van der Waals surface area contributed by atoms with Gasteiger partial charge in [0.25, 0.3) is 0 Å². The number of hydrogen-bond acceptors (Lipinski definition) is 3. The SMILES string of the molecule is O=C(CCCNS(=O)(=O)c1ccc(F)cc1F)NC1CCCCCC1. The van der Waals surface area contributed by atoms with Crippen molar-refractivity contribution < 1.29 is 22.0 Å². The number of nitrogens with one attached hydrogen (secondary N) is 2. The van der Waals surface area contributed by atoms with Gasteiger partial charge in [0.05, 0.1) is 0 Å². The number of rotatable bonds is 7. The number of benzene rings is 1. The van der Waals surface area contributed by atoms with Crippen molar-refractivity contribution in [1.82, 2.24) is 10.0 Å². The third kappa shape index (κ3) is 6.36. The predicted molar refractivity (Wildman–Crippen MR) is 90.4 cm³/mol. The van der Waals surface area contributed by atoms with Crippen LogP contribution in [0.15, 0.2) is 23.1 Å². The summed E-state index contributed by atoms with van der Waals surface area (Å²) in [5.74, 6) is -2.08. The summed E-state index contributed by atoms with van der Waals surface area (Å²) in [6.07, 6.45) is 7.13. The highest BCUT2D eigenvalue weighted by Gasteiger charge is 2.19. The van der Waals surface area contributed by atoms with E-state index in [-0.39, 0.29) is 24.9 Å². The Balaban J connectivity index is 1.75. The van der Waals surface area contributed by atoms with Gasteiger partial charge in [-0.2, -0.15) is 0 Å². The zero-order valence-electron chi connectivity index (χ0n) is 14.1. The van der Waals surface area contributed by atoms with Gasteiger partial charge in [0, 0.05) is 25.1 Å². The first-order valence-electron chi connectivity index (χ1n) is 8.62. The highest BCUT2D eigenvalue weighted by Crippen LogP contribution is 2.17. The predicted octanol–water partition coefficient (Wildman–Crippen LogP) is 2.86. The zero-order chi connectivity index (χ0) is 18.3. The monoisotopic (exact) mass is 374 g/mol. The minimum atomic E-state index is -4.06. The molecule has 0 bridgehead atoms. The average Bonchev–Trinajstić information content (AvgIpc) is 2.80. The summed E-state index contributed by atoms with van der Waals surface area (Å²) in [4.78, 5) is 11.3. The number of carbonyl (C=O) groups is 1. The second-order valence-corrected chi connectivity index (χ2v) is 8.07. The van der Waals surface area contributed by atoms with Crippen LogP contribution in [0.4, 0.5) is 8.78 Å². The molecule has 140 valence electrons. The lowest BCUT2D eigenvalue weighted by molar-refractivity contribution is -0.121. The van der Waals surface area contributed by atoms with Crippen molar-refractivity contribution in [3.63, 3.8) is 0 Å². The molecule has 1 fully saturated rings. The van der Waals surface area contributed by atoms with Crippen molar-refractivity contribution in [2.24, 2.45) is 0 Å². The maximum Gasteiger partial charge on any atom is 0.243 e. The van der Waals surface area contributed by atoms with Crippen molar-refractivity contribution in [3.05, 3.63) is 29.8 Å².